The van der Waals surface area contributed by atoms with Crippen LogP contribution in [0.4, 0.5) is 0 Å². The van der Waals surface area contributed by atoms with Crippen molar-refractivity contribution in [3.8, 4) is 17.2 Å². The summed E-state index contributed by atoms with van der Waals surface area (Å²) in [5.41, 5.74) is 0.459. The van der Waals surface area contributed by atoms with Crippen LogP contribution in [0.3, 0.4) is 0 Å². The number of likely N-dealkylation sites (tertiary alicyclic amines) is 1. The van der Waals surface area contributed by atoms with E-state index in [4.69, 9.17) is 9.47 Å². The molecule has 1 aliphatic rings. The Balaban J connectivity index is 1.62. The smallest absolute Gasteiger partial charge is 0.272 e. The van der Waals surface area contributed by atoms with Crippen LogP contribution in [0.5, 0.6) is 17.2 Å². The minimum Gasteiger partial charge on any atom is -0.497 e. The van der Waals surface area contributed by atoms with Crippen molar-refractivity contribution in [3.63, 3.8) is 0 Å². The normalized spacial score (nSPS) is 15.0. The third-order valence-corrected chi connectivity index (χ3v) is 5.43. The lowest BCUT2D eigenvalue weighted by Crippen LogP contribution is -2.39. The molecule has 1 aromatic heterocycles. The van der Waals surface area contributed by atoms with Gasteiger partial charge in [0.1, 0.15) is 22.9 Å². The summed E-state index contributed by atoms with van der Waals surface area (Å²) in [5.74, 6) is 1.98. The third kappa shape index (κ3) is 4.45. The number of hydrogen-bond acceptors (Lipinski definition) is 5. The highest BCUT2D eigenvalue weighted by Gasteiger charge is 2.23. The molecule has 132 valence electrons. The molecule has 0 spiro atoms. The van der Waals surface area contributed by atoms with Gasteiger partial charge in [-0.05, 0) is 43.4 Å². The number of amides is 1. The second-order valence-corrected chi connectivity index (χ2v) is 7.03. The van der Waals surface area contributed by atoms with Gasteiger partial charge in [0.05, 0.1) is 13.3 Å². The van der Waals surface area contributed by atoms with Gasteiger partial charge in [-0.15, -0.1) is 0 Å². The van der Waals surface area contributed by atoms with Crippen molar-refractivity contribution < 1.29 is 14.3 Å². The molecule has 0 N–H and O–H groups in total. The lowest BCUT2D eigenvalue weighted by atomic mass is 10.1. The van der Waals surface area contributed by atoms with Crippen LogP contribution in [0, 0.1) is 0 Å². The number of thioether (sulfide) groups is 1. The first-order valence-electron chi connectivity index (χ1n) is 8.29. The molecule has 0 radical (unpaired) electrons. The predicted molar refractivity (Wildman–Crippen MR) is 99.7 cm³/mol. The van der Waals surface area contributed by atoms with E-state index in [1.165, 1.54) is 0 Å². The van der Waals surface area contributed by atoms with Crippen LogP contribution in [0.25, 0.3) is 0 Å². The third-order valence-electron chi connectivity index (χ3n) is 4.29. The van der Waals surface area contributed by atoms with Crippen LogP contribution in [-0.4, -0.2) is 47.5 Å². The molecule has 1 amide bonds. The average Bonchev–Trinajstić information content (AvgIpc) is 2.68. The molecule has 25 heavy (non-hydrogen) atoms. The van der Waals surface area contributed by atoms with E-state index < -0.39 is 0 Å². The molecular formula is C19H22N2O3S. The molecule has 6 heteroatoms. The summed E-state index contributed by atoms with van der Waals surface area (Å²) >= 11 is 1.88. The number of aromatic nitrogens is 1. The van der Waals surface area contributed by atoms with E-state index in [0.717, 1.165) is 31.7 Å². The molecule has 0 unspecified atom stereocenters. The molecule has 0 atom stereocenters. The SMILES string of the molecule is COc1cccc(Oc2ccc(C(=O)N3CCC(SC)CC3)nc2)c1. The Morgan fingerprint density at radius 3 is 2.56 bits per heavy atom. The minimum atomic E-state index is -0.00696. The van der Waals surface area contributed by atoms with Crippen molar-refractivity contribution in [2.24, 2.45) is 0 Å². The predicted octanol–water partition coefficient (Wildman–Crippen LogP) is 3.85. The Hall–Kier alpha value is -2.21. The molecule has 1 fully saturated rings. The van der Waals surface area contributed by atoms with Crippen molar-refractivity contribution in [1.29, 1.82) is 0 Å². The highest BCUT2D eigenvalue weighted by atomic mass is 32.2. The summed E-state index contributed by atoms with van der Waals surface area (Å²) in [6.45, 7) is 1.60. The first kappa shape index (κ1) is 17.6. The molecule has 2 aromatic rings. The zero-order valence-electron chi connectivity index (χ0n) is 14.5. The van der Waals surface area contributed by atoms with E-state index in [0.29, 0.717) is 22.4 Å². The number of nitrogens with zero attached hydrogens (tertiary/aromatic N) is 2. The first-order chi connectivity index (χ1) is 12.2. The fraction of sp³-hybridized carbons (Fsp3) is 0.368. The highest BCUT2D eigenvalue weighted by Crippen LogP contribution is 2.25. The van der Waals surface area contributed by atoms with E-state index in [2.05, 4.69) is 11.2 Å². The van der Waals surface area contributed by atoms with E-state index in [9.17, 15) is 4.79 Å². The van der Waals surface area contributed by atoms with E-state index in [1.54, 1.807) is 31.5 Å². The summed E-state index contributed by atoms with van der Waals surface area (Å²) in [4.78, 5) is 18.7. The molecule has 0 aliphatic carbocycles. The fourth-order valence-electron chi connectivity index (χ4n) is 2.82. The van der Waals surface area contributed by atoms with Crippen molar-refractivity contribution in [3.05, 3.63) is 48.3 Å². The summed E-state index contributed by atoms with van der Waals surface area (Å²) in [6, 6.07) is 10.9. The van der Waals surface area contributed by atoms with Crippen LogP contribution in [0.15, 0.2) is 42.6 Å². The van der Waals surface area contributed by atoms with Gasteiger partial charge in [0, 0.05) is 24.4 Å². The van der Waals surface area contributed by atoms with Crippen LogP contribution in [-0.2, 0) is 0 Å². The summed E-state index contributed by atoms with van der Waals surface area (Å²) < 4.78 is 10.9. The maximum Gasteiger partial charge on any atom is 0.272 e. The van der Waals surface area contributed by atoms with Gasteiger partial charge in [-0.2, -0.15) is 11.8 Å². The molecule has 0 saturated carbocycles. The second-order valence-electron chi connectivity index (χ2n) is 5.89. The number of ether oxygens (including phenoxy) is 2. The monoisotopic (exact) mass is 358 g/mol. The highest BCUT2D eigenvalue weighted by molar-refractivity contribution is 7.99. The van der Waals surface area contributed by atoms with Crippen LogP contribution in [0.1, 0.15) is 23.3 Å². The molecule has 5 nitrogen and oxygen atoms in total. The number of pyridine rings is 1. The largest absolute Gasteiger partial charge is 0.497 e. The van der Waals surface area contributed by atoms with Gasteiger partial charge in [-0.25, -0.2) is 4.98 Å². The Kier molecular flexibility index (Phi) is 5.81. The summed E-state index contributed by atoms with van der Waals surface area (Å²) in [6.07, 6.45) is 5.81. The number of carbonyl (C=O) groups excluding carboxylic acids is 1. The van der Waals surface area contributed by atoms with Crippen LogP contribution >= 0.6 is 11.8 Å². The van der Waals surface area contributed by atoms with Gasteiger partial charge >= 0.3 is 0 Å². The van der Waals surface area contributed by atoms with Crippen molar-refractivity contribution in [2.45, 2.75) is 18.1 Å². The maximum absolute atomic E-state index is 12.5. The Labute approximate surface area is 152 Å². The van der Waals surface area contributed by atoms with E-state index in [1.807, 2.05) is 34.9 Å². The lowest BCUT2D eigenvalue weighted by Gasteiger charge is -2.30. The van der Waals surface area contributed by atoms with Crippen molar-refractivity contribution >= 4 is 17.7 Å². The number of benzene rings is 1. The zero-order chi connectivity index (χ0) is 17.6. The first-order valence-corrected chi connectivity index (χ1v) is 9.58. The topological polar surface area (TPSA) is 51.7 Å². The van der Waals surface area contributed by atoms with Gasteiger partial charge < -0.3 is 14.4 Å². The number of carbonyl (C=O) groups is 1. The van der Waals surface area contributed by atoms with Gasteiger partial charge in [-0.1, -0.05) is 6.07 Å². The van der Waals surface area contributed by atoms with Crippen molar-refractivity contribution in [2.75, 3.05) is 26.5 Å². The van der Waals surface area contributed by atoms with E-state index in [-0.39, 0.29) is 5.91 Å². The molecule has 0 bridgehead atoms. The maximum atomic E-state index is 12.5. The lowest BCUT2D eigenvalue weighted by molar-refractivity contribution is 0.0721. The standard InChI is InChI=1S/C19H22N2O3S/c1-23-14-4-3-5-15(12-14)24-16-6-7-18(20-13-16)19(22)21-10-8-17(25-2)9-11-21/h3-7,12-13,17H,8-11H2,1-2H3. The number of rotatable bonds is 5. The Morgan fingerprint density at radius 1 is 1.16 bits per heavy atom. The Morgan fingerprint density at radius 2 is 1.92 bits per heavy atom. The van der Waals surface area contributed by atoms with Gasteiger partial charge in [-0.3, -0.25) is 4.79 Å². The Bertz CT molecular complexity index is 713. The molecular weight excluding hydrogens is 336 g/mol. The molecule has 3 rings (SSSR count). The average molecular weight is 358 g/mol. The number of methoxy groups -OCH3 is 1. The van der Waals surface area contributed by atoms with Gasteiger partial charge in [0.25, 0.3) is 5.91 Å². The molecule has 1 aliphatic heterocycles. The molecule has 1 saturated heterocycles. The summed E-state index contributed by atoms with van der Waals surface area (Å²) in [5, 5.41) is 0.663. The molecule has 1 aromatic carbocycles. The van der Waals surface area contributed by atoms with Gasteiger partial charge in [0.2, 0.25) is 0 Å². The zero-order valence-corrected chi connectivity index (χ0v) is 15.3. The van der Waals surface area contributed by atoms with Gasteiger partial charge in [0.15, 0.2) is 0 Å². The van der Waals surface area contributed by atoms with Crippen molar-refractivity contribution in [1.82, 2.24) is 9.88 Å². The van der Waals surface area contributed by atoms with E-state index >= 15 is 0 Å². The minimum absolute atomic E-state index is 0.00696. The second kappa shape index (κ2) is 8.25. The number of hydrogen-bond donors (Lipinski definition) is 0. The summed E-state index contributed by atoms with van der Waals surface area (Å²) in [7, 11) is 1.61. The van der Waals surface area contributed by atoms with Crippen LogP contribution < -0.4 is 9.47 Å². The molecule has 2 heterocycles. The quantitative estimate of drug-likeness (QED) is 0.812. The fourth-order valence-corrected chi connectivity index (χ4v) is 3.51. The van der Waals surface area contributed by atoms with Crippen LogP contribution in [0.2, 0.25) is 0 Å². The number of piperidine rings is 1.